The number of carbonyl (C=O) groups is 2. The molecule has 4 rings (SSSR count). The van der Waals surface area contributed by atoms with Gasteiger partial charge in [-0.2, -0.15) is 13.8 Å². The van der Waals surface area contributed by atoms with Gasteiger partial charge < -0.3 is 0 Å². The van der Waals surface area contributed by atoms with E-state index in [-0.39, 0.29) is 29.4 Å². The molecule has 0 aromatic heterocycles. The Hall–Kier alpha value is -1.75. The summed E-state index contributed by atoms with van der Waals surface area (Å²) in [6, 6.07) is 0. The van der Waals surface area contributed by atoms with Gasteiger partial charge in [-0.1, -0.05) is 31.9 Å². The fraction of sp³-hybridized carbons (Fsp3) is 0.760. The van der Waals surface area contributed by atoms with Gasteiger partial charge >= 0.3 is 5.25 Å². The standard InChI is InChI=1S/C25H33F4NO5S/c1-4-11-23(26,24(27,15(2)3)20-13-16-9-10-17(20)12-16)25(28,29)36(33,34)14-35-30-21(31)18-7-5-6-8-19(18)22(30)32/h4,11,16-20H,2,5-10,12-14H2,1,3H3/b11-4+. The maximum absolute atomic E-state index is 16.8. The summed E-state index contributed by atoms with van der Waals surface area (Å²) in [4.78, 5) is 29.9. The van der Waals surface area contributed by atoms with Crippen LogP contribution in [0.1, 0.15) is 65.2 Å². The van der Waals surface area contributed by atoms with Gasteiger partial charge in [-0.3, -0.25) is 9.59 Å². The first-order valence-corrected chi connectivity index (χ1v) is 14.2. The predicted molar refractivity (Wildman–Crippen MR) is 123 cm³/mol. The first kappa shape index (κ1) is 27.3. The summed E-state index contributed by atoms with van der Waals surface area (Å²) in [5.41, 5.74) is -8.18. The molecule has 4 aliphatic rings. The molecule has 2 bridgehead atoms. The highest BCUT2D eigenvalue weighted by Crippen LogP contribution is 2.62. The van der Waals surface area contributed by atoms with Gasteiger partial charge in [0.2, 0.25) is 15.5 Å². The zero-order valence-electron chi connectivity index (χ0n) is 20.5. The van der Waals surface area contributed by atoms with Crippen LogP contribution in [0.25, 0.3) is 0 Å². The normalized spacial score (nSPS) is 34.2. The zero-order valence-corrected chi connectivity index (χ0v) is 21.3. The highest BCUT2D eigenvalue weighted by molar-refractivity contribution is 7.92. The third-order valence-electron chi connectivity index (χ3n) is 8.75. The van der Waals surface area contributed by atoms with Gasteiger partial charge in [0.25, 0.3) is 11.8 Å². The minimum atomic E-state index is -5.88. The third kappa shape index (κ3) is 3.78. The van der Waals surface area contributed by atoms with Crippen LogP contribution in [0, 0.1) is 29.6 Å². The summed E-state index contributed by atoms with van der Waals surface area (Å²) in [6.07, 6.45) is 5.36. The Kier molecular flexibility index (Phi) is 6.99. The predicted octanol–water partition coefficient (Wildman–Crippen LogP) is 5.06. The second kappa shape index (κ2) is 9.22. The van der Waals surface area contributed by atoms with E-state index >= 15 is 17.6 Å². The first-order chi connectivity index (χ1) is 16.7. The smallest absolute Gasteiger partial charge is 0.272 e. The lowest BCUT2D eigenvalue weighted by atomic mass is 9.66. The van der Waals surface area contributed by atoms with Crippen molar-refractivity contribution in [2.75, 3.05) is 5.94 Å². The van der Waals surface area contributed by atoms with Crippen molar-refractivity contribution in [1.29, 1.82) is 0 Å². The molecule has 0 aromatic rings. The molecule has 4 fully saturated rings. The fourth-order valence-corrected chi connectivity index (χ4v) is 8.03. The van der Waals surface area contributed by atoms with Gasteiger partial charge in [-0.05, 0) is 69.4 Å². The van der Waals surface area contributed by atoms with Crippen molar-refractivity contribution < 1.29 is 40.4 Å². The van der Waals surface area contributed by atoms with Crippen molar-refractivity contribution >= 4 is 21.7 Å². The number of rotatable bonds is 9. The quantitative estimate of drug-likeness (QED) is 0.234. The monoisotopic (exact) mass is 535 g/mol. The van der Waals surface area contributed by atoms with Crippen LogP contribution in [-0.2, 0) is 24.3 Å². The topological polar surface area (TPSA) is 80.8 Å². The molecular formula is C25H33F4NO5S. The molecule has 3 saturated carbocycles. The van der Waals surface area contributed by atoms with Gasteiger partial charge in [-0.15, -0.1) is 0 Å². The van der Waals surface area contributed by atoms with Crippen LogP contribution in [0.5, 0.6) is 0 Å². The van der Waals surface area contributed by atoms with Crippen molar-refractivity contribution in [1.82, 2.24) is 5.06 Å². The van der Waals surface area contributed by atoms with Crippen LogP contribution in [0.2, 0.25) is 0 Å². The Morgan fingerprint density at radius 1 is 1.06 bits per heavy atom. The number of hydrogen-bond acceptors (Lipinski definition) is 5. The summed E-state index contributed by atoms with van der Waals surface area (Å²) in [5.74, 6) is -6.32. The number of allylic oxidation sites excluding steroid dienone is 3. The number of imide groups is 1. The van der Waals surface area contributed by atoms with Gasteiger partial charge in [-0.25, -0.2) is 22.0 Å². The van der Waals surface area contributed by atoms with E-state index in [4.69, 9.17) is 4.84 Å². The summed E-state index contributed by atoms with van der Waals surface area (Å²) in [5, 5.41) is -5.08. The van der Waals surface area contributed by atoms with Gasteiger partial charge in [0.15, 0.2) is 11.6 Å². The molecule has 7 unspecified atom stereocenters. The number of carbonyl (C=O) groups excluding carboxylic acids is 2. The molecule has 0 aromatic carbocycles. The zero-order chi connectivity index (χ0) is 26.7. The van der Waals surface area contributed by atoms with Crippen molar-refractivity contribution in [3.63, 3.8) is 0 Å². The molecular weight excluding hydrogens is 502 g/mol. The number of hydroxylamine groups is 2. The largest absolute Gasteiger partial charge is 0.388 e. The number of fused-ring (bicyclic) bond motifs is 3. The minimum Gasteiger partial charge on any atom is -0.272 e. The molecule has 0 N–H and O–H groups in total. The Morgan fingerprint density at radius 3 is 2.08 bits per heavy atom. The van der Waals surface area contributed by atoms with Gasteiger partial charge in [0, 0.05) is 5.92 Å². The Morgan fingerprint density at radius 2 is 1.64 bits per heavy atom. The summed E-state index contributed by atoms with van der Waals surface area (Å²) in [6.45, 7) is 5.74. The summed E-state index contributed by atoms with van der Waals surface area (Å²) >= 11 is 0. The van der Waals surface area contributed by atoms with Crippen LogP contribution < -0.4 is 0 Å². The molecule has 36 heavy (non-hydrogen) atoms. The maximum atomic E-state index is 16.8. The van der Waals surface area contributed by atoms with Crippen LogP contribution in [-0.4, -0.2) is 47.8 Å². The molecule has 7 atom stereocenters. The molecule has 1 aliphatic heterocycles. The van der Waals surface area contributed by atoms with E-state index in [9.17, 15) is 18.0 Å². The second-order valence-corrected chi connectivity index (χ2v) is 12.8. The summed E-state index contributed by atoms with van der Waals surface area (Å²) < 4.78 is 90.8. The SMILES string of the molecule is C=C(C)C(F)(C1CC2CCC1C2)C(F)(/C=C/C)C(F)(F)S(=O)(=O)CON1C(=O)C2CCCCC2C1=O. The molecule has 11 heteroatoms. The van der Waals surface area contributed by atoms with Crippen molar-refractivity contribution in [2.45, 2.75) is 81.8 Å². The molecule has 1 heterocycles. The third-order valence-corrected chi connectivity index (χ3v) is 10.2. The lowest BCUT2D eigenvalue weighted by Gasteiger charge is -2.47. The van der Waals surface area contributed by atoms with Crippen molar-refractivity contribution in [3.8, 4) is 0 Å². The Bertz CT molecular complexity index is 1050. The van der Waals surface area contributed by atoms with Gasteiger partial charge in [0.1, 0.15) is 0 Å². The number of nitrogens with zero attached hydrogens (tertiary/aromatic N) is 1. The molecule has 0 radical (unpaired) electrons. The van der Waals surface area contributed by atoms with Crippen LogP contribution in [0.3, 0.4) is 0 Å². The molecule has 3 aliphatic carbocycles. The lowest BCUT2D eigenvalue weighted by Crippen LogP contribution is -2.65. The number of amides is 2. The van der Waals surface area contributed by atoms with Crippen LogP contribution >= 0.6 is 0 Å². The van der Waals surface area contributed by atoms with Crippen LogP contribution in [0.4, 0.5) is 17.6 Å². The number of hydrogen-bond donors (Lipinski definition) is 0. The van der Waals surface area contributed by atoms with Gasteiger partial charge in [0.05, 0.1) is 11.8 Å². The van der Waals surface area contributed by atoms with Crippen LogP contribution in [0.15, 0.2) is 24.3 Å². The van der Waals surface area contributed by atoms with E-state index < -0.39 is 67.5 Å². The van der Waals surface area contributed by atoms with E-state index in [1.807, 2.05) is 0 Å². The summed E-state index contributed by atoms with van der Waals surface area (Å²) in [7, 11) is -5.88. The minimum absolute atomic E-state index is 0.0635. The highest BCUT2D eigenvalue weighted by Gasteiger charge is 2.76. The maximum Gasteiger partial charge on any atom is 0.388 e. The lowest BCUT2D eigenvalue weighted by molar-refractivity contribution is -0.185. The Balaban J connectivity index is 1.64. The average Bonchev–Trinajstić information content (AvgIpc) is 3.52. The molecule has 0 spiro atoms. The first-order valence-electron chi connectivity index (χ1n) is 12.5. The number of sulfone groups is 1. The van der Waals surface area contributed by atoms with E-state index in [1.165, 1.54) is 6.92 Å². The molecule has 202 valence electrons. The van der Waals surface area contributed by atoms with E-state index in [1.54, 1.807) is 0 Å². The van der Waals surface area contributed by atoms with E-state index in [2.05, 4.69) is 6.58 Å². The highest BCUT2D eigenvalue weighted by atomic mass is 32.2. The van der Waals surface area contributed by atoms with Crippen molar-refractivity contribution in [2.24, 2.45) is 29.6 Å². The van der Waals surface area contributed by atoms with Crippen molar-refractivity contribution in [3.05, 3.63) is 24.3 Å². The second-order valence-electron chi connectivity index (χ2n) is 10.8. The van der Waals surface area contributed by atoms with E-state index in [0.29, 0.717) is 38.5 Å². The Labute approximate surface area is 209 Å². The average molecular weight is 536 g/mol. The molecule has 1 saturated heterocycles. The van der Waals surface area contributed by atoms with E-state index in [0.717, 1.165) is 19.4 Å². The molecule has 2 amide bonds. The molecule has 6 nitrogen and oxygen atoms in total. The fourth-order valence-electron chi connectivity index (χ4n) is 6.97. The number of alkyl halides is 4. The number of halogens is 4.